The Morgan fingerprint density at radius 2 is 2.24 bits per heavy atom. The number of carboxylic acids is 1. The molecule has 1 aromatic rings. The number of halogens is 1. The minimum Gasteiger partial charge on any atom is -0.480 e. The first kappa shape index (κ1) is 11.9. The average molecular weight is 299 g/mol. The Hall–Kier alpha value is -1.56. The van der Waals surface area contributed by atoms with Gasteiger partial charge in [0.2, 0.25) is 0 Å². The third kappa shape index (κ3) is 2.41. The van der Waals surface area contributed by atoms with E-state index in [1.54, 1.807) is 0 Å². The van der Waals surface area contributed by atoms with E-state index >= 15 is 0 Å². The minimum absolute atomic E-state index is 0.242. The summed E-state index contributed by atoms with van der Waals surface area (Å²) in [6.45, 7) is 0.132. The van der Waals surface area contributed by atoms with Gasteiger partial charge in [-0.15, -0.1) is 0 Å². The molecule has 0 saturated carbocycles. The summed E-state index contributed by atoms with van der Waals surface area (Å²) >= 11 is 3.41. The van der Waals surface area contributed by atoms with Crippen LogP contribution in [0.25, 0.3) is 0 Å². The molecule has 1 atom stereocenters. The van der Waals surface area contributed by atoms with Crippen LogP contribution in [-0.2, 0) is 4.79 Å². The number of nitrogens with zero attached hydrogens (tertiary/aromatic N) is 1. The predicted octanol–water partition coefficient (Wildman–Crippen LogP) is 1.60. The molecule has 17 heavy (non-hydrogen) atoms. The van der Waals surface area contributed by atoms with E-state index in [0.29, 0.717) is 6.54 Å². The zero-order valence-corrected chi connectivity index (χ0v) is 10.5. The second-order valence-corrected chi connectivity index (χ2v) is 4.60. The molecule has 2 amide bonds. The number of benzene rings is 1. The van der Waals surface area contributed by atoms with E-state index in [2.05, 4.69) is 21.2 Å². The first-order valence-corrected chi connectivity index (χ1v) is 5.89. The highest BCUT2D eigenvalue weighted by atomic mass is 79.9. The molecule has 0 aliphatic carbocycles. The fourth-order valence-corrected chi connectivity index (χ4v) is 2.44. The number of amides is 2. The number of carbonyl (C=O) groups is 2. The van der Waals surface area contributed by atoms with E-state index in [1.807, 2.05) is 24.3 Å². The number of carbonyl (C=O) groups excluding carboxylic acids is 1. The molecule has 1 aromatic carbocycles. The van der Waals surface area contributed by atoms with Gasteiger partial charge in [-0.25, -0.2) is 4.79 Å². The number of carboxylic acid groups (broad SMARTS) is 1. The Bertz CT molecular complexity index is 464. The van der Waals surface area contributed by atoms with Gasteiger partial charge in [0.1, 0.15) is 6.54 Å². The highest BCUT2D eigenvalue weighted by Gasteiger charge is 2.33. The van der Waals surface area contributed by atoms with Gasteiger partial charge in [0.05, 0.1) is 6.04 Å². The predicted molar refractivity (Wildman–Crippen MR) is 64.6 cm³/mol. The molecule has 0 bridgehead atoms. The fraction of sp³-hybridized carbons (Fsp3) is 0.273. The molecule has 1 aliphatic rings. The summed E-state index contributed by atoms with van der Waals surface area (Å²) in [6, 6.07) is 6.91. The zero-order chi connectivity index (χ0) is 12.4. The van der Waals surface area contributed by atoms with Crippen molar-refractivity contribution in [2.24, 2.45) is 0 Å². The number of urea groups is 1. The van der Waals surface area contributed by atoms with Crippen molar-refractivity contribution in [2.45, 2.75) is 6.04 Å². The van der Waals surface area contributed by atoms with Crippen LogP contribution in [0.1, 0.15) is 11.6 Å². The largest absolute Gasteiger partial charge is 0.480 e. The molecule has 6 heteroatoms. The Morgan fingerprint density at radius 1 is 1.53 bits per heavy atom. The maximum Gasteiger partial charge on any atom is 0.323 e. The maximum absolute atomic E-state index is 11.5. The molecule has 0 radical (unpaired) electrons. The van der Waals surface area contributed by atoms with Crippen LogP contribution in [0.3, 0.4) is 0 Å². The summed E-state index contributed by atoms with van der Waals surface area (Å²) in [5.41, 5.74) is 0.909. The smallest absolute Gasteiger partial charge is 0.323 e. The van der Waals surface area contributed by atoms with Crippen LogP contribution in [0.2, 0.25) is 0 Å². The lowest BCUT2D eigenvalue weighted by Crippen LogP contribution is -2.34. The summed E-state index contributed by atoms with van der Waals surface area (Å²) in [4.78, 5) is 23.6. The molecule has 90 valence electrons. The molecule has 0 aromatic heterocycles. The van der Waals surface area contributed by atoms with Gasteiger partial charge in [0.25, 0.3) is 0 Å². The lowest BCUT2D eigenvalue weighted by atomic mass is 10.1. The van der Waals surface area contributed by atoms with E-state index in [1.165, 1.54) is 4.90 Å². The second kappa shape index (κ2) is 4.75. The summed E-state index contributed by atoms with van der Waals surface area (Å²) in [5, 5.41) is 11.4. The van der Waals surface area contributed by atoms with Gasteiger partial charge in [0.15, 0.2) is 0 Å². The van der Waals surface area contributed by atoms with Gasteiger partial charge >= 0.3 is 12.0 Å². The molecule has 1 fully saturated rings. The van der Waals surface area contributed by atoms with E-state index in [9.17, 15) is 9.59 Å². The Morgan fingerprint density at radius 3 is 2.88 bits per heavy atom. The molecule has 1 aliphatic heterocycles. The van der Waals surface area contributed by atoms with E-state index in [4.69, 9.17) is 5.11 Å². The maximum atomic E-state index is 11.5. The Labute approximate surface area is 107 Å². The molecular formula is C11H11BrN2O3. The molecule has 1 saturated heterocycles. The molecule has 5 nitrogen and oxygen atoms in total. The normalized spacial score (nSPS) is 19.2. The standard InChI is InChI=1S/C11H11BrN2O3/c12-8-4-2-1-3-7(8)9-5-13-11(17)14(9)6-10(15)16/h1-4,9H,5-6H2,(H,13,17)(H,15,16). The lowest BCUT2D eigenvalue weighted by molar-refractivity contribution is -0.137. The van der Waals surface area contributed by atoms with Crippen molar-refractivity contribution in [1.29, 1.82) is 0 Å². The van der Waals surface area contributed by atoms with Gasteiger partial charge in [-0.3, -0.25) is 4.79 Å². The number of aliphatic carboxylic acids is 1. The fourth-order valence-electron chi connectivity index (χ4n) is 1.89. The van der Waals surface area contributed by atoms with Crippen molar-refractivity contribution in [2.75, 3.05) is 13.1 Å². The van der Waals surface area contributed by atoms with E-state index in [-0.39, 0.29) is 18.6 Å². The number of hydrogen-bond acceptors (Lipinski definition) is 2. The number of rotatable bonds is 3. The van der Waals surface area contributed by atoms with Crippen molar-refractivity contribution in [1.82, 2.24) is 10.2 Å². The van der Waals surface area contributed by atoms with Crippen molar-refractivity contribution in [3.8, 4) is 0 Å². The van der Waals surface area contributed by atoms with Crippen LogP contribution in [0.15, 0.2) is 28.7 Å². The monoisotopic (exact) mass is 298 g/mol. The molecule has 0 spiro atoms. The van der Waals surface area contributed by atoms with Crippen LogP contribution in [-0.4, -0.2) is 35.1 Å². The highest BCUT2D eigenvalue weighted by molar-refractivity contribution is 9.10. The molecule has 1 unspecified atom stereocenters. The summed E-state index contributed by atoms with van der Waals surface area (Å²) < 4.78 is 0.872. The lowest BCUT2D eigenvalue weighted by Gasteiger charge is -2.22. The Balaban J connectivity index is 2.28. The number of hydrogen-bond donors (Lipinski definition) is 2. The summed E-state index contributed by atoms with van der Waals surface area (Å²) in [7, 11) is 0. The van der Waals surface area contributed by atoms with Crippen molar-refractivity contribution >= 4 is 27.9 Å². The first-order valence-electron chi connectivity index (χ1n) is 5.10. The number of nitrogens with one attached hydrogen (secondary N) is 1. The van der Waals surface area contributed by atoms with E-state index < -0.39 is 5.97 Å². The molecule has 2 rings (SSSR count). The van der Waals surface area contributed by atoms with E-state index in [0.717, 1.165) is 10.0 Å². The van der Waals surface area contributed by atoms with Gasteiger partial charge in [0, 0.05) is 11.0 Å². The zero-order valence-electron chi connectivity index (χ0n) is 8.89. The summed E-state index contributed by atoms with van der Waals surface area (Å²) in [6.07, 6.45) is 0. The summed E-state index contributed by atoms with van der Waals surface area (Å²) in [5.74, 6) is -1.01. The average Bonchev–Trinajstić information content (AvgIpc) is 2.61. The van der Waals surface area contributed by atoms with Gasteiger partial charge in [-0.2, -0.15) is 0 Å². The van der Waals surface area contributed by atoms with Crippen molar-refractivity contribution in [3.63, 3.8) is 0 Å². The van der Waals surface area contributed by atoms with Crippen LogP contribution >= 0.6 is 15.9 Å². The topological polar surface area (TPSA) is 69.6 Å². The van der Waals surface area contributed by atoms with Gasteiger partial charge in [-0.05, 0) is 11.6 Å². The van der Waals surface area contributed by atoms with Gasteiger partial charge < -0.3 is 15.3 Å². The van der Waals surface area contributed by atoms with Crippen LogP contribution in [0.4, 0.5) is 4.79 Å². The SMILES string of the molecule is O=C(O)CN1C(=O)NCC1c1ccccc1Br. The molecular weight excluding hydrogens is 288 g/mol. The van der Waals surface area contributed by atoms with Gasteiger partial charge in [-0.1, -0.05) is 34.1 Å². The third-order valence-corrected chi connectivity index (χ3v) is 3.38. The first-order chi connectivity index (χ1) is 8.09. The van der Waals surface area contributed by atoms with Crippen LogP contribution < -0.4 is 5.32 Å². The molecule has 2 N–H and O–H groups in total. The van der Waals surface area contributed by atoms with Crippen molar-refractivity contribution in [3.05, 3.63) is 34.3 Å². The van der Waals surface area contributed by atoms with Crippen LogP contribution in [0.5, 0.6) is 0 Å². The Kier molecular flexibility index (Phi) is 3.33. The highest BCUT2D eigenvalue weighted by Crippen LogP contribution is 2.29. The second-order valence-electron chi connectivity index (χ2n) is 3.75. The minimum atomic E-state index is -1.01. The third-order valence-electron chi connectivity index (χ3n) is 2.65. The molecule has 1 heterocycles. The van der Waals surface area contributed by atoms with Crippen molar-refractivity contribution < 1.29 is 14.7 Å². The quantitative estimate of drug-likeness (QED) is 0.890. The van der Waals surface area contributed by atoms with Crippen LogP contribution in [0, 0.1) is 0 Å².